The highest BCUT2D eigenvalue weighted by atomic mass is 32.2. The quantitative estimate of drug-likeness (QED) is 0.129. The number of hydrogen-bond acceptors (Lipinski definition) is 11. The second kappa shape index (κ2) is 16.6. The summed E-state index contributed by atoms with van der Waals surface area (Å²) < 4.78 is 20.7. The predicted molar refractivity (Wildman–Crippen MR) is 197 cm³/mol. The first-order valence-electron chi connectivity index (χ1n) is 17.0. The molecule has 0 aromatic heterocycles. The Kier molecular flexibility index (Phi) is 13.4. The number of ether oxygens (including phenoxy) is 4. The zero-order valence-corrected chi connectivity index (χ0v) is 32.6. The number of rotatable bonds is 13. The number of methoxy groups -OCH3 is 2. The molecule has 3 amide bonds. The van der Waals surface area contributed by atoms with Gasteiger partial charge in [0.05, 0.1) is 14.2 Å². The Labute approximate surface area is 310 Å². The van der Waals surface area contributed by atoms with Crippen LogP contribution in [0.1, 0.15) is 84.1 Å². The number of alkyl carbamates (subject to hydrolysis) is 2. The van der Waals surface area contributed by atoms with E-state index in [-0.39, 0.29) is 25.0 Å². The summed E-state index contributed by atoms with van der Waals surface area (Å²) >= 11 is 1.36. The van der Waals surface area contributed by atoms with E-state index in [9.17, 15) is 29.1 Å². The Bertz CT molecular complexity index is 1620. The number of amides is 3. The molecule has 13 nitrogen and oxygen atoms in total. The van der Waals surface area contributed by atoms with Crippen molar-refractivity contribution in [2.75, 3.05) is 25.7 Å². The lowest BCUT2D eigenvalue weighted by molar-refractivity contribution is -0.149. The Morgan fingerprint density at radius 2 is 1.40 bits per heavy atom. The summed E-state index contributed by atoms with van der Waals surface area (Å²) in [5.74, 6) is -1.40. The third kappa shape index (κ3) is 11.1. The van der Waals surface area contributed by atoms with Gasteiger partial charge in [-0.3, -0.25) is 4.79 Å². The number of nitrogens with one attached hydrogen (secondary N) is 3. The van der Waals surface area contributed by atoms with E-state index in [0.29, 0.717) is 16.9 Å². The van der Waals surface area contributed by atoms with Gasteiger partial charge in [-0.15, -0.1) is 0 Å². The third-order valence-electron chi connectivity index (χ3n) is 8.24. The van der Waals surface area contributed by atoms with E-state index in [1.807, 2.05) is 42.5 Å². The molecule has 0 fully saturated rings. The molecule has 0 saturated carbocycles. The first-order chi connectivity index (χ1) is 24.0. The fraction of sp³-hybridized carbons (Fsp3) is 0.553. The molecule has 2 aromatic rings. The SMILES string of the molecule is COC(=O)C(C)(C)NC(=O)[C@H](CCSC[C@](O)(c1ccccc1)c1ccc2c(c1)C[C@](NC(=O)OC(C)(C)C)(C(=O)OC)C2)NC(=O)OC(C)(C)C. The summed E-state index contributed by atoms with van der Waals surface area (Å²) in [7, 11) is 2.48. The van der Waals surface area contributed by atoms with Crippen LogP contribution in [-0.4, -0.2) is 89.2 Å². The normalized spacial score (nSPS) is 17.4. The maximum Gasteiger partial charge on any atom is 0.408 e. The van der Waals surface area contributed by atoms with E-state index in [2.05, 4.69) is 16.0 Å². The van der Waals surface area contributed by atoms with Gasteiger partial charge in [0.1, 0.15) is 33.9 Å². The van der Waals surface area contributed by atoms with E-state index < -0.39 is 64.0 Å². The number of fused-ring (bicyclic) bond motifs is 1. The van der Waals surface area contributed by atoms with Crippen molar-refractivity contribution in [3.05, 3.63) is 70.8 Å². The van der Waals surface area contributed by atoms with Gasteiger partial charge in [0, 0.05) is 18.6 Å². The number of carbonyl (C=O) groups excluding carboxylic acids is 5. The standard InChI is InChI=1S/C38H53N3O10S/c1-34(2,3)50-32(45)39-28(29(42)40-36(7,8)30(43)48-9)18-19-52-23-38(47,26-14-12-11-13-15-26)27-17-16-24-21-37(31(44)49-10,22-25(24)20-27)41-33(46)51-35(4,5)6/h11-17,20,28,47H,18-19,21-23H2,1-10H3,(H,39,45)(H,40,42)(H,41,46)/t28-,37-,38-/m0/s1. The van der Waals surface area contributed by atoms with Crippen molar-refractivity contribution in [3.8, 4) is 0 Å². The predicted octanol–water partition coefficient (Wildman–Crippen LogP) is 4.54. The second-order valence-electron chi connectivity index (χ2n) is 15.4. The average Bonchev–Trinajstić information content (AvgIpc) is 3.41. The number of aliphatic hydroxyl groups is 1. The molecule has 0 aliphatic heterocycles. The maximum atomic E-state index is 13.4. The molecule has 0 unspecified atom stereocenters. The Hall–Kier alpha value is -4.30. The van der Waals surface area contributed by atoms with Crippen LogP contribution in [0.25, 0.3) is 0 Å². The van der Waals surface area contributed by atoms with Crippen LogP contribution >= 0.6 is 11.8 Å². The molecule has 1 aliphatic carbocycles. The van der Waals surface area contributed by atoms with Crippen LogP contribution in [0.3, 0.4) is 0 Å². The number of thioether (sulfide) groups is 1. The minimum Gasteiger partial charge on any atom is -0.467 e. The largest absolute Gasteiger partial charge is 0.467 e. The van der Waals surface area contributed by atoms with Gasteiger partial charge in [0.15, 0.2) is 0 Å². The van der Waals surface area contributed by atoms with Crippen LogP contribution in [0, 0.1) is 0 Å². The van der Waals surface area contributed by atoms with Crippen molar-refractivity contribution in [2.45, 2.75) is 109 Å². The second-order valence-corrected chi connectivity index (χ2v) is 16.5. The molecule has 3 atom stereocenters. The molecule has 52 heavy (non-hydrogen) atoms. The molecule has 0 heterocycles. The lowest BCUT2D eigenvalue weighted by Crippen LogP contribution is -2.57. The third-order valence-corrected chi connectivity index (χ3v) is 9.38. The van der Waals surface area contributed by atoms with Crippen LogP contribution in [0.4, 0.5) is 9.59 Å². The minimum atomic E-state index is -1.51. The van der Waals surface area contributed by atoms with Crippen molar-refractivity contribution >= 4 is 41.8 Å². The van der Waals surface area contributed by atoms with Gasteiger partial charge in [-0.1, -0.05) is 48.5 Å². The summed E-state index contributed by atoms with van der Waals surface area (Å²) in [4.78, 5) is 64.3. The summed E-state index contributed by atoms with van der Waals surface area (Å²) in [6.07, 6.45) is -1.11. The van der Waals surface area contributed by atoms with Crippen molar-refractivity contribution in [2.24, 2.45) is 0 Å². The fourth-order valence-electron chi connectivity index (χ4n) is 5.80. The van der Waals surface area contributed by atoms with Crippen LogP contribution in [0.5, 0.6) is 0 Å². The molecular formula is C38H53N3O10S. The van der Waals surface area contributed by atoms with Crippen molar-refractivity contribution in [3.63, 3.8) is 0 Å². The average molecular weight is 744 g/mol. The molecule has 14 heteroatoms. The highest BCUT2D eigenvalue weighted by molar-refractivity contribution is 7.99. The zero-order valence-electron chi connectivity index (χ0n) is 31.8. The molecule has 286 valence electrons. The first-order valence-corrected chi connectivity index (χ1v) is 18.2. The topological polar surface area (TPSA) is 179 Å². The van der Waals surface area contributed by atoms with Gasteiger partial charge in [0.25, 0.3) is 0 Å². The van der Waals surface area contributed by atoms with E-state index in [1.165, 1.54) is 39.8 Å². The van der Waals surface area contributed by atoms with Crippen LogP contribution < -0.4 is 16.0 Å². The Morgan fingerprint density at radius 3 is 1.98 bits per heavy atom. The summed E-state index contributed by atoms with van der Waals surface area (Å²) in [6, 6.07) is 13.5. The number of benzene rings is 2. The zero-order chi connectivity index (χ0) is 39.1. The summed E-state index contributed by atoms with van der Waals surface area (Å²) in [5.41, 5.74) is -3.11. The lowest BCUT2D eigenvalue weighted by Gasteiger charge is -2.30. The van der Waals surface area contributed by atoms with E-state index in [0.717, 1.165) is 11.1 Å². The molecule has 4 N–H and O–H groups in total. The summed E-state index contributed by atoms with van der Waals surface area (Å²) in [6.45, 7) is 13.3. The minimum absolute atomic E-state index is 0.120. The van der Waals surface area contributed by atoms with E-state index in [4.69, 9.17) is 18.9 Å². The molecule has 1 aliphatic rings. The van der Waals surface area contributed by atoms with Gasteiger partial charge in [-0.2, -0.15) is 11.8 Å². The lowest BCUT2D eigenvalue weighted by atomic mass is 9.86. The monoisotopic (exact) mass is 743 g/mol. The van der Waals surface area contributed by atoms with Crippen LogP contribution in [-0.2, 0) is 51.8 Å². The van der Waals surface area contributed by atoms with E-state index in [1.54, 1.807) is 47.6 Å². The van der Waals surface area contributed by atoms with E-state index >= 15 is 0 Å². The van der Waals surface area contributed by atoms with Crippen molar-refractivity contribution < 1.29 is 48.0 Å². The number of hydrogen-bond donors (Lipinski definition) is 4. The molecular weight excluding hydrogens is 690 g/mol. The summed E-state index contributed by atoms with van der Waals surface area (Å²) in [5, 5.41) is 20.4. The van der Waals surface area contributed by atoms with Gasteiger partial charge < -0.3 is 40.0 Å². The molecule has 0 spiro atoms. The molecule has 0 bridgehead atoms. The molecule has 3 rings (SSSR count). The van der Waals surface area contributed by atoms with Gasteiger partial charge >= 0.3 is 24.1 Å². The Balaban J connectivity index is 1.86. The molecule has 2 aromatic carbocycles. The highest BCUT2D eigenvalue weighted by Crippen LogP contribution is 2.38. The van der Waals surface area contributed by atoms with Crippen molar-refractivity contribution in [1.82, 2.24) is 16.0 Å². The number of esters is 2. The van der Waals surface area contributed by atoms with Crippen LogP contribution in [0.2, 0.25) is 0 Å². The Morgan fingerprint density at radius 1 is 0.808 bits per heavy atom. The van der Waals surface area contributed by atoms with Crippen LogP contribution in [0.15, 0.2) is 48.5 Å². The smallest absolute Gasteiger partial charge is 0.408 e. The molecule has 0 radical (unpaired) electrons. The maximum absolute atomic E-state index is 13.4. The van der Waals surface area contributed by atoms with Crippen molar-refractivity contribution in [1.29, 1.82) is 0 Å². The number of carbonyl (C=O) groups is 5. The van der Waals surface area contributed by atoms with Gasteiger partial charge in [-0.05, 0) is 89.8 Å². The van der Waals surface area contributed by atoms with Gasteiger partial charge in [0.2, 0.25) is 5.91 Å². The molecule has 0 saturated heterocycles. The van der Waals surface area contributed by atoms with Gasteiger partial charge in [-0.25, -0.2) is 19.2 Å². The first kappa shape index (κ1) is 42.1. The highest BCUT2D eigenvalue weighted by Gasteiger charge is 2.48. The fourth-order valence-corrected chi connectivity index (χ4v) is 6.97.